The molecule has 21 heavy (non-hydrogen) atoms. The van der Waals surface area contributed by atoms with Gasteiger partial charge in [0.05, 0.1) is 6.20 Å². The SMILES string of the molecule is O=[N+]([O-])c1c(NCc2ccc(Cl)cc2)nc2ccccn12. The Bertz CT molecular complexity index is 798. The molecule has 0 saturated heterocycles. The summed E-state index contributed by atoms with van der Waals surface area (Å²) in [5.74, 6) is 0.181. The summed E-state index contributed by atoms with van der Waals surface area (Å²) in [6.07, 6.45) is 1.62. The van der Waals surface area contributed by atoms with E-state index in [1.807, 2.05) is 12.1 Å². The van der Waals surface area contributed by atoms with Gasteiger partial charge in [0.2, 0.25) is 11.5 Å². The number of benzene rings is 1. The Balaban J connectivity index is 1.91. The van der Waals surface area contributed by atoms with Gasteiger partial charge in [0.25, 0.3) is 0 Å². The monoisotopic (exact) mass is 302 g/mol. The van der Waals surface area contributed by atoms with Crippen molar-refractivity contribution in [2.75, 3.05) is 5.32 Å². The summed E-state index contributed by atoms with van der Waals surface area (Å²) in [6, 6.07) is 12.5. The highest BCUT2D eigenvalue weighted by atomic mass is 35.5. The number of imidazole rings is 1. The maximum Gasteiger partial charge on any atom is 0.372 e. The Labute approximate surface area is 125 Å². The zero-order valence-corrected chi connectivity index (χ0v) is 11.6. The van der Waals surface area contributed by atoms with Crippen molar-refractivity contribution in [2.45, 2.75) is 6.54 Å². The van der Waals surface area contributed by atoms with E-state index in [-0.39, 0.29) is 11.6 Å². The van der Waals surface area contributed by atoms with Gasteiger partial charge in [-0.15, -0.1) is 0 Å². The van der Waals surface area contributed by atoms with Gasteiger partial charge in [0.1, 0.15) is 0 Å². The molecule has 1 N–H and O–H groups in total. The maximum absolute atomic E-state index is 11.2. The van der Waals surface area contributed by atoms with Crippen LogP contribution >= 0.6 is 11.6 Å². The molecule has 6 nitrogen and oxygen atoms in total. The predicted octanol–water partition coefficient (Wildman–Crippen LogP) is 3.51. The highest BCUT2D eigenvalue weighted by molar-refractivity contribution is 6.30. The largest absolute Gasteiger partial charge is 0.372 e. The molecule has 0 bridgehead atoms. The summed E-state index contributed by atoms with van der Waals surface area (Å²) in [5, 5.41) is 14.9. The van der Waals surface area contributed by atoms with Gasteiger partial charge in [0, 0.05) is 17.6 Å². The van der Waals surface area contributed by atoms with E-state index in [4.69, 9.17) is 11.6 Å². The zero-order chi connectivity index (χ0) is 14.8. The number of nitro groups is 1. The van der Waals surface area contributed by atoms with Crippen LogP contribution in [0.5, 0.6) is 0 Å². The number of halogens is 1. The van der Waals surface area contributed by atoms with Crippen molar-refractivity contribution in [1.82, 2.24) is 9.38 Å². The molecule has 0 fully saturated rings. The second-order valence-electron chi connectivity index (χ2n) is 4.45. The maximum atomic E-state index is 11.2. The van der Waals surface area contributed by atoms with Crippen LogP contribution in [-0.4, -0.2) is 14.3 Å². The lowest BCUT2D eigenvalue weighted by atomic mass is 10.2. The molecule has 0 aliphatic carbocycles. The van der Waals surface area contributed by atoms with Crippen molar-refractivity contribution in [3.8, 4) is 0 Å². The van der Waals surface area contributed by atoms with Gasteiger partial charge >= 0.3 is 5.82 Å². The number of aromatic nitrogens is 2. The predicted molar refractivity (Wildman–Crippen MR) is 80.6 cm³/mol. The minimum absolute atomic E-state index is 0.0698. The Morgan fingerprint density at radius 1 is 1.24 bits per heavy atom. The van der Waals surface area contributed by atoms with Crippen LogP contribution < -0.4 is 5.32 Å². The molecule has 0 aliphatic rings. The van der Waals surface area contributed by atoms with Crippen molar-refractivity contribution in [3.63, 3.8) is 0 Å². The average molecular weight is 303 g/mol. The van der Waals surface area contributed by atoms with E-state index >= 15 is 0 Å². The fourth-order valence-electron chi connectivity index (χ4n) is 2.06. The molecule has 0 spiro atoms. The number of nitrogens with zero attached hydrogens (tertiary/aromatic N) is 3. The van der Waals surface area contributed by atoms with E-state index in [0.29, 0.717) is 17.2 Å². The molecule has 2 aromatic heterocycles. The van der Waals surface area contributed by atoms with Crippen molar-refractivity contribution in [2.24, 2.45) is 0 Å². The van der Waals surface area contributed by atoms with Crippen LogP contribution in [-0.2, 0) is 6.54 Å². The Morgan fingerprint density at radius 3 is 2.71 bits per heavy atom. The lowest BCUT2D eigenvalue weighted by Gasteiger charge is -2.03. The van der Waals surface area contributed by atoms with Gasteiger partial charge in [-0.2, -0.15) is 9.38 Å². The lowest BCUT2D eigenvalue weighted by Crippen LogP contribution is -2.03. The number of fused-ring (bicyclic) bond motifs is 1. The van der Waals surface area contributed by atoms with Gasteiger partial charge in [0.15, 0.2) is 0 Å². The quantitative estimate of drug-likeness (QED) is 0.591. The van der Waals surface area contributed by atoms with Crippen molar-refractivity contribution in [1.29, 1.82) is 0 Å². The van der Waals surface area contributed by atoms with Gasteiger partial charge in [-0.3, -0.25) is 0 Å². The second-order valence-corrected chi connectivity index (χ2v) is 4.89. The summed E-state index contributed by atoms with van der Waals surface area (Å²) in [6.45, 7) is 0.432. The molecule has 7 heteroatoms. The molecule has 0 saturated carbocycles. The number of anilines is 1. The minimum Gasteiger partial charge on any atom is -0.359 e. The molecule has 1 aromatic carbocycles. The number of pyridine rings is 1. The standard InChI is InChI=1S/C14H11ClN4O2/c15-11-6-4-10(5-7-11)9-16-13-14(19(20)21)18-8-2-1-3-12(18)17-13/h1-8,16H,9H2. The first kappa shape index (κ1) is 13.4. The van der Waals surface area contributed by atoms with E-state index in [1.165, 1.54) is 4.40 Å². The van der Waals surface area contributed by atoms with E-state index < -0.39 is 4.92 Å². The molecule has 0 amide bonds. The summed E-state index contributed by atoms with van der Waals surface area (Å²) >= 11 is 5.82. The summed E-state index contributed by atoms with van der Waals surface area (Å²) < 4.78 is 1.45. The number of rotatable bonds is 4. The molecule has 3 aromatic rings. The smallest absolute Gasteiger partial charge is 0.359 e. The normalized spacial score (nSPS) is 10.7. The highest BCUT2D eigenvalue weighted by Crippen LogP contribution is 2.25. The Hall–Kier alpha value is -2.60. The summed E-state index contributed by atoms with van der Waals surface area (Å²) in [7, 11) is 0. The van der Waals surface area contributed by atoms with Crippen molar-refractivity contribution >= 4 is 28.9 Å². The van der Waals surface area contributed by atoms with Crippen molar-refractivity contribution in [3.05, 3.63) is 69.4 Å². The first-order chi connectivity index (χ1) is 10.1. The molecular formula is C14H11ClN4O2. The molecule has 3 rings (SSSR count). The third-order valence-corrected chi connectivity index (χ3v) is 3.30. The number of hydrogen-bond donors (Lipinski definition) is 1. The van der Waals surface area contributed by atoms with Gasteiger partial charge in [-0.1, -0.05) is 29.8 Å². The van der Waals surface area contributed by atoms with E-state index in [0.717, 1.165) is 5.56 Å². The van der Waals surface area contributed by atoms with Gasteiger partial charge in [-0.05, 0) is 28.7 Å². The van der Waals surface area contributed by atoms with Crippen molar-refractivity contribution < 1.29 is 4.92 Å². The van der Waals surface area contributed by atoms with Gasteiger partial charge < -0.3 is 15.4 Å². The Morgan fingerprint density at radius 2 is 2.00 bits per heavy atom. The van der Waals surface area contributed by atoms with E-state index in [2.05, 4.69) is 10.3 Å². The average Bonchev–Trinajstić information content (AvgIpc) is 2.85. The van der Waals surface area contributed by atoms with Crippen LogP contribution in [0.25, 0.3) is 5.65 Å². The molecule has 0 radical (unpaired) electrons. The molecular weight excluding hydrogens is 292 g/mol. The van der Waals surface area contributed by atoms with E-state index in [9.17, 15) is 10.1 Å². The second kappa shape index (κ2) is 5.41. The van der Waals surface area contributed by atoms with E-state index in [1.54, 1.807) is 36.5 Å². The molecule has 106 valence electrons. The third kappa shape index (κ3) is 2.66. The van der Waals surface area contributed by atoms with Crippen LogP contribution in [0.15, 0.2) is 48.7 Å². The van der Waals surface area contributed by atoms with Crippen LogP contribution in [0.3, 0.4) is 0 Å². The first-order valence-electron chi connectivity index (χ1n) is 6.25. The minimum atomic E-state index is -0.440. The van der Waals surface area contributed by atoms with Crippen LogP contribution in [0, 0.1) is 10.1 Å². The summed E-state index contributed by atoms with van der Waals surface area (Å²) in [5.41, 5.74) is 1.49. The highest BCUT2D eigenvalue weighted by Gasteiger charge is 2.21. The zero-order valence-electron chi connectivity index (χ0n) is 10.9. The lowest BCUT2D eigenvalue weighted by molar-refractivity contribution is -0.389. The molecule has 0 aliphatic heterocycles. The molecule has 0 unspecified atom stereocenters. The third-order valence-electron chi connectivity index (χ3n) is 3.05. The van der Waals surface area contributed by atoms with Crippen LogP contribution in [0.4, 0.5) is 11.6 Å². The molecule has 2 heterocycles. The fraction of sp³-hybridized carbons (Fsp3) is 0.0714. The number of nitrogens with one attached hydrogen (secondary N) is 1. The van der Waals surface area contributed by atoms with Gasteiger partial charge in [-0.25, -0.2) is 0 Å². The van der Waals surface area contributed by atoms with Crippen LogP contribution in [0.1, 0.15) is 5.56 Å². The number of hydrogen-bond acceptors (Lipinski definition) is 4. The Kier molecular flexibility index (Phi) is 3.45. The fourth-order valence-corrected chi connectivity index (χ4v) is 2.19. The molecule has 0 atom stereocenters. The topological polar surface area (TPSA) is 72.5 Å². The summed E-state index contributed by atoms with van der Waals surface area (Å²) in [4.78, 5) is 15.1. The first-order valence-corrected chi connectivity index (χ1v) is 6.63. The van der Waals surface area contributed by atoms with Crippen LogP contribution in [0.2, 0.25) is 5.02 Å².